The van der Waals surface area contributed by atoms with Gasteiger partial charge in [0.05, 0.1) is 17.8 Å². The van der Waals surface area contributed by atoms with E-state index in [0.29, 0.717) is 17.0 Å². The maximum Gasteiger partial charge on any atom is 0.167 e. The molecule has 0 amide bonds. The topological polar surface area (TPSA) is 146 Å². The molecule has 1 saturated heterocycles. The van der Waals surface area contributed by atoms with E-state index in [9.17, 15) is 20.4 Å². The lowest BCUT2D eigenvalue weighted by atomic mass is 10.1. The van der Waals surface area contributed by atoms with E-state index in [0.717, 1.165) is 0 Å². The lowest BCUT2D eigenvalue weighted by Crippen LogP contribution is -2.33. The van der Waals surface area contributed by atoms with Crippen molar-refractivity contribution in [2.45, 2.75) is 42.5 Å². The number of anilines is 1. The second kappa shape index (κ2) is 6.86. The summed E-state index contributed by atoms with van der Waals surface area (Å²) in [6, 6.07) is 0. The number of fused-ring (bicyclic) bond motifs is 1. The number of hydrogen-bond acceptors (Lipinski definition) is 9. The molecule has 0 spiro atoms. The van der Waals surface area contributed by atoms with Crippen LogP contribution < -0.4 is 5.32 Å². The van der Waals surface area contributed by atoms with Crippen molar-refractivity contribution in [1.29, 1.82) is 0 Å². The fraction of sp³-hybridized carbons (Fsp3) is 0.615. The van der Waals surface area contributed by atoms with Crippen molar-refractivity contribution in [2.24, 2.45) is 0 Å². The first-order valence-electron chi connectivity index (χ1n) is 7.32. The molecule has 0 bridgehead atoms. The monoisotopic (exact) mass is 403 g/mol. The lowest BCUT2D eigenvalue weighted by Gasteiger charge is -2.17. The predicted molar refractivity (Wildman–Crippen MR) is 86.4 cm³/mol. The molecule has 1 fully saturated rings. The molecular weight excluding hydrogens is 386 g/mol. The molecule has 0 aromatic carbocycles. The number of hydrogen-bond donors (Lipinski definition) is 5. The number of alkyl halides is 1. The van der Waals surface area contributed by atoms with E-state index >= 15 is 0 Å². The zero-order valence-electron chi connectivity index (χ0n) is 12.7. The van der Waals surface area contributed by atoms with Crippen LogP contribution in [0.15, 0.2) is 12.7 Å². The van der Waals surface area contributed by atoms with E-state index in [1.165, 1.54) is 17.2 Å². The predicted octanol–water partition coefficient (Wildman–Crippen LogP) is -1.05. The molecule has 1 aliphatic heterocycles. The van der Waals surface area contributed by atoms with Crippen LogP contribution >= 0.6 is 15.9 Å². The van der Waals surface area contributed by atoms with Gasteiger partial charge in [-0.1, -0.05) is 15.9 Å². The Bertz CT molecular complexity index is 713. The first kappa shape index (κ1) is 17.5. The second-order valence-corrected chi connectivity index (χ2v) is 6.99. The first-order chi connectivity index (χ1) is 11.4. The number of aliphatic hydroxyl groups excluding tert-OH is 4. The van der Waals surface area contributed by atoms with Gasteiger partial charge in [-0.2, -0.15) is 0 Å². The minimum absolute atomic E-state index is 0.218. The minimum atomic E-state index is -1.24. The van der Waals surface area contributed by atoms with Gasteiger partial charge in [-0.15, -0.1) is 0 Å². The molecule has 11 heteroatoms. The summed E-state index contributed by atoms with van der Waals surface area (Å²) in [5.41, 5.74) is 0.735. The molecule has 0 aliphatic carbocycles. The fourth-order valence-electron chi connectivity index (χ4n) is 2.51. The normalized spacial score (nSPS) is 29.8. The molecule has 1 aliphatic rings. The van der Waals surface area contributed by atoms with Crippen LogP contribution in [0.1, 0.15) is 13.2 Å². The van der Waals surface area contributed by atoms with Gasteiger partial charge in [0, 0.05) is 0 Å². The van der Waals surface area contributed by atoms with E-state index in [4.69, 9.17) is 4.74 Å². The van der Waals surface area contributed by atoms with Crippen LogP contribution in [-0.4, -0.2) is 75.9 Å². The number of rotatable bonds is 5. The number of halogens is 1. The van der Waals surface area contributed by atoms with Crippen LogP contribution in [0.5, 0.6) is 0 Å². The van der Waals surface area contributed by atoms with Gasteiger partial charge in [-0.05, 0) is 6.92 Å². The van der Waals surface area contributed by atoms with Crippen LogP contribution in [0.2, 0.25) is 0 Å². The molecule has 5 N–H and O–H groups in total. The highest BCUT2D eigenvalue weighted by Gasteiger charge is 2.44. The van der Waals surface area contributed by atoms with Gasteiger partial charge < -0.3 is 30.5 Å². The zero-order valence-corrected chi connectivity index (χ0v) is 14.3. The average Bonchev–Trinajstić information content (AvgIpc) is 3.10. The van der Waals surface area contributed by atoms with Crippen molar-refractivity contribution in [3.8, 4) is 0 Å². The van der Waals surface area contributed by atoms with Crippen molar-refractivity contribution >= 4 is 32.9 Å². The van der Waals surface area contributed by atoms with Gasteiger partial charge in [0.15, 0.2) is 23.2 Å². The Morgan fingerprint density at radius 3 is 2.71 bits per heavy atom. The van der Waals surface area contributed by atoms with E-state index in [2.05, 4.69) is 36.2 Å². The van der Waals surface area contributed by atoms with Crippen LogP contribution in [0, 0.1) is 0 Å². The van der Waals surface area contributed by atoms with E-state index in [1.54, 1.807) is 6.92 Å². The van der Waals surface area contributed by atoms with E-state index in [1.807, 2.05) is 0 Å². The summed E-state index contributed by atoms with van der Waals surface area (Å²) in [5, 5.41) is 41.9. The van der Waals surface area contributed by atoms with Crippen LogP contribution in [0.3, 0.4) is 0 Å². The Hall–Kier alpha value is -1.37. The van der Waals surface area contributed by atoms with Crippen molar-refractivity contribution in [3.05, 3.63) is 12.7 Å². The summed E-state index contributed by atoms with van der Waals surface area (Å²) in [7, 11) is 0. The van der Waals surface area contributed by atoms with Crippen LogP contribution in [0.4, 0.5) is 5.82 Å². The summed E-state index contributed by atoms with van der Waals surface area (Å²) in [4.78, 5) is 12.2. The Morgan fingerprint density at radius 2 is 2.08 bits per heavy atom. The third-order valence-corrected chi connectivity index (χ3v) is 4.37. The van der Waals surface area contributed by atoms with Crippen molar-refractivity contribution in [1.82, 2.24) is 19.5 Å². The summed E-state index contributed by atoms with van der Waals surface area (Å²) in [6.07, 6.45) is -2.48. The Kier molecular flexibility index (Phi) is 4.99. The van der Waals surface area contributed by atoms with Gasteiger partial charge >= 0.3 is 0 Å². The number of aliphatic hydroxyl groups is 4. The molecule has 6 unspecified atom stereocenters. The highest BCUT2D eigenvalue weighted by molar-refractivity contribution is 9.09. The maximum absolute atomic E-state index is 10.1. The molecule has 3 rings (SSSR count). The molecule has 6 atom stereocenters. The molecule has 132 valence electrons. The SMILES string of the molecule is CC(Br)C(O)Nc1ncnc2c1ncn2C1OC(CO)C(O)C1O. The average molecular weight is 404 g/mol. The third-order valence-electron chi connectivity index (χ3n) is 3.87. The maximum atomic E-state index is 10.1. The molecule has 24 heavy (non-hydrogen) atoms. The van der Waals surface area contributed by atoms with Gasteiger partial charge in [-0.25, -0.2) is 15.0 Å². The quantitative estimate of drug-likeness (QED) is 0.311. The Labute approximate surface area is 145 Å². The van der Waals surface area contributed by atoms with Gasteiger partial charge in [0.1, 0.15) is 30.9 Å². The molecule has 2 aromatic rings. The van der Waals surface area contributed by atoms with Crippen molar-refractivity contribution < 1.29 is 25.2 Å². The molecule has 0 radical (unpaired) electrons. The van der Waals surface area contributed by atoms with E-state index in [-0.39, 0.29) is 4.83 Å². The number of aromatic nitrogens is 4. The van der Waals surface area contributed by atoms with Crippen molar-refractivity contribution in [3.63, 3.8) is 0 Å². The first-order valence-corrected chi connectivity index (χ1v) is 8.24. The fourth-order valence-corrected chi connectivity index (χ4v) is 2.64. The van der Waals surface area contributed by atoms with Crippen molar-refractivity contribution in [2.75, 3.05) is 11.9 Å². The summed E-state index contributed by atoms with van der Waals surface area (Å²) < 4.78 is 6.94. The van der Waals surface area contributed by atoms with Crippen LogP contribution in [0.25, 0.3) is 11.2 Å². The Morgan fingerprint density at radius 1 is 1.33 bits per heavy atom. The zero-order chi connectivity index (χ0) is 17.4. The molecular formula is C13H18BrN5O5. The highest BCUT2D eigenvalue weighted by atomic mass is 79.9. The van der Waals surface area contributed by atoms with Gasteiger partial charge in [0.25, 0.3) is 0 Å². The number of nitrogens with one attached hydrogen (secondary N) is 1. The molecule has 3 heterocycles. The molecule has 0 saturated carbocycles. The smallest absolute Gasteiger partial charge is 0.167 e. The lowest BCUT2D eigenvalue weighted by molar-refractivity contribution is -0.0511. The largest absolute Gasteiger partial charge is 0.394 e. The number of ether oxygens (including phenoxy) is 1. The minimum Gasteiger partial charge on any atom is -0.394 e. The summed E-state index contributed by atoms with van der Waals surface area (Å²) in [6.45, 7) is 1.35. The number of nitrogens with zero attached hydrogens (tertiary/aromatic N) is 4. The van der Waals surface area contributed by atoms with Crippen LogP contribution in [-0.2, 0) is 4.74 Å². The molecule has 2 aromatic heterocycles. The second-order valence-electron chi connectivity index (χ2n) is 5.54. The standard InChI is InChI=1S/C13H18BrN5O5/c1-5(14)12(23)18-10-7-11(16-3-15-10)19(4-17-7)13-9(22)8(21)6(2-20)24-13/h3-6,8-9,12-13,20-23H,2H2,1H3,(H,15,16,18). The Balaban J connectivity index is 1.94. The van der Waals surface area contributed by atoms with Gasteiger partial charge in [-0.3, -0.25) is 4.57 Å². The number of imidazole rings is 1. The van der Waals surface area contributed by atoms with Gasteiger partial charge in [0.2, 0.25) is 0 Å². The van der Waals surface area contributed by atoms with E-state index < -0.39 is 37.4 Å². The third kappa shape index (κ3) is 2.98. The molecule has 10 nitrogen and oxygen atoms in total. The highest BCUT2D eigenvalue weighted by Crippen LogP contribution is 2.32. The summed E-state index contributed by atoms with van der Waals surface area (Å²) in [5.74, 6) is 0.323. The summed E-state index contributed by atoms with van der Waals surface area (Å²) >= 11 is 3.26.